The molecule has 1 aromatic carbocycles. The third kappa shape index (κ3) is 2.16. The van der Waals surface area contributed by atoms with E-state index in [1.54, 1.807) is 0 Å². The van der Waals surface area contributed by atoms with Gasteiger partial charge in [-0.3, -0.25) is 4.57 Å². The Hall–Kier alpha value is -1.66. The molecule has 0 spiro atoms. The predicted molar refractivity (Wildman–Crippen MR) is 72.6 cm³/mol. The highest BCUT2D eigenvalue weighted by Crippen LogP contribution is 2.37. The molecule has 1 unspecified atom stereocenters. The molecule has 0 aliphatic rings. The zero-order valence-corrected chi connectivity index (χ0v) is 11.2. The van der Waals surface area contributed by atoms with E-state index >= 15 is 0 Å². The maximum absolute atomic E-state index is 11.0. The lowest BCUT2D eigenvalue weighted by molar-refractivity contribution is -0.140. The van der Waals surface area contributed by atoms with Gasteiger partial charge in [0, 0.05) is 0 Å². The number of carboxylic acids is 1. The van der Waals surface area contributed by atoms with Gasteiger partial charge in [-0.05, 0) is 24.7 Å². The summed E-state index contributed by atoms with van der Waals surface area (Å²) in [6.07, 6.45) is 0. The van der Waals surface area contributed by atoms with Crippen molar-refractivity contribution in [3.63, 3.8) is 0 Å². The minimum Gasteiger partial charge on any atom is -0.493 e. The maximum atomic E-state index is 11.0. The Morgan fingerprint density at radius 1 is 1.39 bits per heavy atom. The van der Waals surface area contributed by atoms with Crippen LogP contribution in [0.5, 0.6) is 5.88 Å². The van der Waals surface area contributed by atoms with Gasteiger partial charge in [-0.25, -0.2) is 4.79 Å². The van der Waals surface area contributed by atoms with Crippen LogP contribution in [0.2, 0.25) is 0 Å². The van der Waals surface area contributed by atoms with Crippen LogP contribution in [0.3, 0.4) is 0 Å². The Labute approximate surface area is 113 Å². The fourth-order valence-corrected chi connectivity index (χ4v) is 3.06. The number of thiazole rings is 1. The summed E-state index contributed by atoms with van der Waals surface area (Å²) >= 11 is 6.32. The number of carbonyl (C=O) groups is 1. The summed E-state index contributed by atoms with van der Waals surface area (Å²) in [6.45, 7) is 1.49. The predicted octanol–water partition coefficient (Wildman–Crippen LogP) is 3.30. The van der Waals surface area contributed by atoms with Crippen molar-refractivity contribution >= 4 is 29.5 Å². The van der Waals surface area contributed by atoms with Crippen LogP contribution in [0.1, 0.15) is 13.0 Å². The molecule has 2 N–H and O–H groups in total. The second-order valence-corrected chi connectivity index (χ2v) is 5.42. The van der Waals surface area contributed by atoms with E-state index in [4.69, 9.17) is 17.3 Å². The SMILES string of the molecule is CC(C(=O)O)n1c(O)c(-c2ccccc2)sc1=S. The first kappa shape index (κ1) is 12.8. The Bertz CT molecular complexity index is 631. The third-order valence-corrected chi connectivity index (χ3v) is 4.04. The van der Waals surface area contributed by atoms with Crippen molar-refractivity contribution in [3.8, 4) is 16.3 Å². The van der Waals surface area contributed by atoms with E-state index in [1.165, 1.54) is 22.8 Å². The molecule has 94 valence electrons. The number of aliphatic carboxylic acids is 1. The normalized spacial score (nSPS) is 12.3. The molecule has 0 aliphatic heterocycles. The highest BCUT2D eigenvalue weighted by molar-refractivity contribution is 7.73. The Kier molecular flexibility index (Phi) is 3.49. The number of aromatic nitrogens is 1. The van der Waals surface area contributed by atoms with Gasteiger partial charge in [0.2, 0.25) is 5.88 Å². The van der Waals surface area contributed by atoms with Crippen LogP contribution in [-0.4, -0.2) is 20.7 Å². The Morgan fingerprint density at radius 3 is 2.56 bits per heavy atom. The topological polar surface area (TPSA) is 62.5 Å². The number of aromatic hydroxyl groups is 1. The number of hydrogen-bond acceptors (Lipinski definition) is 4. The van der Waals surface area contributed by atoms with Gasteiger partial charge in [0.25, 0.3) is 0 Å². The largest absolute Gasteiger partial charge is 0.493 e. The van der Waals surface area contributed by atoms with Crippen molar-refractivity contribution in [3.05, 3.63) is 34.3 Å². The summed E-state index contributed by atoms with van der Waals surface area (Å²) in [5, 5.41) is 19.1. The zero-order chi connectivity index (χ0) is 13.3. The molecule has 1 atom stereocenters. The molecular formula is C12H11NO3S2. The summed E-state index contributed by atoms with van der Waals surface area (Å²) < 4.78 is 1.60. The van der Waals surface area contributed by atoms with Crippen LogP contribution in [-0.2, 0) is 4.79 Å². The average molecular weight is 281 g/mol. The summed E-state index contributed by atoms with van der Waals surface area (Å²) in [7, 11) is 0. The summed E-state index contributed by atoms with van der Waals surface area (Å²) in [6, 6.07) is 8.37. The van der Waals surface area contributed by atoms with Gasteiger partial charge in [-0.2, -0.15) is 0 Å². The molecule has 18 heavy (non-hydrogen) atoms. The average Bonchev–Trinajstić information content (AvgIpc) is 2.65. The first-order chi connectivity index (χ1) is 8.52. The van der Waals surface area contributed by atoms with E-state index in [-0.39, 0.29) is 5.88 Å². The Morgan fingerprint density at radius 2 is 2.00 bits per heavy atom. The smallest absolute Gasteiger partial charge is 0.326 e. The number of hydrogen-bond donors (Lipinski definition) is 2. The molecule has 0 fully saturated rings. The van der Waals surface area contributed by atoms with Gasteiger partial charge in [-0.1, -0.05) is 30.3 Å². The third-order valence-electron chi connectivity index (χ3n) is 2.60. The van der Waals surface area contributed by atoms with E-state index in [0.29, 0.717) is 8.83 Å². The fraction of sp³-hybridized carbons (Fsp3) is 0.167. The zero-order valence-electron chi connectivity index (χ0n) is 9.53. The molecule has 1 heterocycles. The van der Waals surface area contributed by atoms with Gasteiger partial charge < -0.3 is 10.2 Å². The molecular weight excluding hydrogens is 270 g/mol. The molecule has 0 radical (unpaired) electrons. The molecule has 1 aromatic heterocycles. The lowest BCUT2D eigenvalue weighted by Gasteiger charge is -2.09. The lowest BCUT2D eigenvalue weighted by atomic mass is 10.2. The number of benzene rings is 1. The fourth-order valence-electron chi connectivity index (χ4n) is 1.61. The van der Waals surface area contributed by atoms with Crippen molar-refractivity contribution < 1.29 is 15.0 Å². The van der Waals surface area contributed by atoms with Crippen LogP contribution in [0, 0.1) is 3.95 Å². The first-order valence-corrected chi connectivity index (χ1v) is 6.47. The number of carboxylic acid groups (broad SMARTS) is 1. The van der Waals surface area contributed by atoms with E-state index in [9.17, 15) is 9.90 Å². The molecule has 0 bridgehead atoms. The molecule has 0 saturated carbocycles. The van der Waals surface area contributed by atoms with Gasteiger partial charge >= 0.3 is 5.97 Å². The van der Waals surface area contributed by atoms with Crippen LogP contribution >= 0.6 is 23.6 Å². The maximum Gasteiger partial charge on any atom is 0.326 e. The van der Waals surface area contributed by atoms with E-state index in [0.717, 1.165) is 5.56 Å². The molecule has 0 saturated heterocycles. The van der Waals surface area contributed by atoms with Crippen molar-refractivity contribution in [1.29, 1.82) is 0 Å². The van der Waals surface area contributed by atoms with Gasteiger partial charge in [0.15, 0.2) is 3.95 Å². The van der Waals surface area contributed by atoms with Crippen molar-refractivity contribution in [2.75, 3.05) is 0 Å². The van der Waals surface area contributed by atoms with Gasteiger partial charge in [0.1, 0.15) is 6.04 Å². The number of nitrogens with zero attached hydrogens (tertiary/aromatic N) is 1. The molecule has 0 aliphatic carbocycles. The molecule has 2 aromatic rings. The second kappa shape index (κ2) is 4.91. The van der Waals surface area contributed by atoms with Gasteiger partial charge in [-0.15, -0.1) is 11.3 Å². The Balaban J connectivity index is 2.58. The molecule has 6 heteroatoms. The van der Waals surface area contributed by atoms with Crippen molar-refractivity contribution in [2.24, 2.45) is 0 Å². The summed E-state index contributed by atoms with van der Waals surface area (Å²) in [5.41, 5.74) is 0.822. The van der Waals surface area contributed by atoms with Crippen molar-refractivity contribution in [1.82, 2.24) is 4.57 Å². The quantitative estimate of drug-likeness (QED) is 0.847. The summed E-state index contributed by atoms with van der Waals surface area (Å²) in [5.74, 6) is -1.12. The van der Waals surface area contributed by atoms with Crippen LogP contribution < -0.4 is 0 Å². The van der Waals surface area contributed by atoms with Gasteiger partial charge in [0.05, 0.1) is 4.88 Å². The monoisotopic (exact) mass is 281 g/mol. The molecule has 4 nitrogen and oxygen atoms in total. The van der Waals surface area contributed by atoms with E-state index < -0.39 is 12.0 Å². The second-order valence-electron chi connectivity index (χ2n) is 3.77. The minimum absolute atomic E-state index is 0.0916. The first-order valence-electron chi connectivity index (χ1n) is 5.25. The highest BCUT2D eigenvalue weighted by atomic mass is 32.1. The van der Waals surface area contributed by atoms with Crippen molar-refractivity contribution in [2.45, 2.75) is 13.0 Å². The summed E-state index contributed by atoms with van der Waals surface area (Å²) in [4.78, 5) is 11.6. The van der Waals surface area contributed by atoms with E-state index in [1.807, 2.05) is 30.3 Å². The molecule has 0 amide bonds. The lowest BCUT2D eigenvalue weighted by Crippen LogP contribution is -2.14. The minimum atomic E-state index is -1.03. The van der Waals surface area contributed by atoms with Crippen LogP contribution in [0.4, 0.5) is 0 Å². The van der Waals surface area contributed by atoms with Crippen LogP contribution in [0.15, 0.2) is 30.3 Å². The molecule has 2 rings (SSSR count). The van der Waals surface area contributed by atoms with Crippen LogP contribution in [0.25, 0.3) is 10.4 Å². The highest BCUT2D eigenvalue weighted by Gasteiger charge is 2.21. The number of rotatable bonds is 3. The van der Waals surface area contributed by atoms with E-state index in [2.05, 4.69) is 0 Å². The standard InChI is InChI=1S/C12H11NO3S2/c1-7(11(15)16)13-10(14)9(18-12(13)17)8-5-3-2-4-6-8/h2-7,14H,1H3,(H,15,16).